The van der Waals surface area contributed by atoms with Gasteiger partial charge in [-0.1, -0.05) is 32.9 Å². The molecule has 2 rings (SSSR count). The van der Waals surface area contributed by atoms with Crippen molar-refractivity contribution in [3.05, 3.63) is 24.3 Å². The standard InChI is InChI=1S/C13H17N3O/c1-13(2,3)11-8-12(17)16(15-11)10-7-5-4-6-9(10)14/h4-7H,8,14H2,1-3H3. The highest BCUT2D eigenvalue weighted by Crippen LogP contribution is 2.30. The van der Waals surface area contributed by atoms with Gasteiger partial charge in [0, 0.05) is 5.41 Å². The number of nitrogens with two attached hydrogens (primary N) is 1. The molecule has 90 valence electrons. The Kier molecular flexibility index (Phi) is 2.65. The average molecular weight is 231 g/mol. The minimum atomic E-state index is -0.0893. The predicted molar refractivity (Wildman–Crippen MR) is 69.8 cm³/mol. The Labute approximate surface area is 101 Å². The van der Waals surface area contributed by atoms with Crippen molar-refractivity contribution in [3.63, 3.8) is 0 Å². The number of anilines is 2. The molecule has 0 saturated carbocycles. The van der Waals surface area contributed by atoms with Gasteiger partial charge in [-0.2, -0.15) is 10.1 Å². The van der Waals surface area contributed by atoms with Crippen molar-refractivity contribution in [2.45, 2.75) is 27.2 Å². The maximum atomic E-state index is 11.9. The van der Waals surface area contributed by atoms with Gasteiger partial charge in [0.15, 0.2) is 0 Å². The van der Waals surface area contributed by atoms with Crippen molar-refractivity contribution in [2.75, 3.05) is 10.7 Å². The van der Waals surface area contributed by atoms with E-state index in [1.807, 2.05) is 18.2 Å². The lowest BCUT2D eigenvalue weighted by Gasteiger charge is -2.17. The summed E-state index contributed by atoms with van der Waals surface area (Å²) < 4.78 is 0. The van der Waals surface area contributed by atoms with E-state index in [1.165, 1.54) is 5.01 Å². The smallest absolute Gasteiger partial charge is 0.253 e. The van der Waals surface area contributed by atoms with E-state index < -0.39 is 0 Å². The summed E-state index contributed by atoms with van der Waals surface area (Å²) in [6.07, 6.45) is 0.373. The topological polar surface area (TPSA) is 58.7 Å². The van der Waals surface area contributed by atoms with Crippen molar-refractivity contribution >= 4 is 23.0 Å². The summed E-state index contributed by atoms with van der Waals surface area (Å²) >= 11 is 0. The molecule has 4 heteroatoms. The van der Waals surface area contributed by atoms with Crippen LogP contribution in [0.3, 0.4) is 0 Å². The Morgan fingerprint density at radius 1 is 1.29 bits per heavy atom. The number of hydrazone groups is 1. The van der Waals surface area contributed by atoms with Gasteiger partial charge in [0.1, 0.15) is 0 Å². The molecule has 1 aromatic carbocycles. The van der Waals surface area contributed by atoms with Crippen LogP contribution in [0.2, 0.25) is 0 Å². The number of carbonyl (C=O) groups is 1. The van der Waals surface area contributed by atoms with Gasteiger partial charge < -0.3 is 5.73 Å². The largest absolute Gasteiger partial charge is 0.397 e. The highest BCUT2D eigenvalue weighted by Gasteiger charge is 2.32. The molecule has 1 aliphatic rings. The van der Waals surface area contributed by atoms with Gasteiger partial charge in [0.25, 0.3) is 5.91 Å². The molecule has 4 nitrogen and oxygen atoms in total. The Bertz CT molecular complexity index is 486. The summed E-state index contributed by atoms with van der Waals surface area (Å²) in [6, 6.07) is 7.27. The van der Waals surface area contributed by atoms with Crippen molar-refractivity contribution in [1.82, 2.24) is 0 Å². The van der Waals surface area contributed by atoms with Gasteiger partial charge >= 0.3 is 0 Å². The van der Waals surface area contributed by atoms with E-state index in [-0.39, 0.29) is 11.3 Å². The minimum Gasteiger partial charge on any atom is -0.397 e. The highest BCUT2D eigenvalue weighted by molar-refractivity contribution is 6.15. The summed E-state index contributed by atoms with van der Waals surface area (Å²) in [6.45, 7) is 6.16. The van der Waals surface area contributed by atoms with Gasteiger partial charge in [0.05, 0.1) is 23.5 Å². The molecule has 17 heavy (non-hydrogen) atoms. The molecule has 2 N–H and O–H groups in total. The summed E-state index contributed by atoms with van der Waals surface area (Å²) in [7, 11) is 0. The van der Waals surface area contributed by atoms with E-state index in [0.717, 1.165) is 5.71 Å². The van der Waals surface area contributed by atoms with Crippen LogP contribution < -0.4 is 10.7 Å². The molecule has 1 aliphatic heterocycles. The third kappa shape index (κ3) is 2.16. The Hall–Kier alpha value is -1.84. The van der Waals surface area contributed by atoms with Crippen LogP contribution in [0.25, 0.3) is 0 Å². The summed E-state index contributed by atoms with van der Waals surface area (Å²) in [5.74, 6) is -0.0205. The monoisotopic (exact) mass is 231 g/mol. The molecule has 0 radical (unpaired) electrons. The molecule has 1 heterocycles. The number of hydrogen-bond donors (Lipinski definition) is 1. The fourth-order valence-corrected chi connectivity index (χ4v) is 1.71. The molecule has 0 bridgehead atoms. The zero-order chi connectivity index (χ0) is 12.6. The van der Waals surface area contributed by atoms with Crippen molar-refractivity contribution in [2.24, 2.45) is 10.5 Å². The first-order chi connectivity index (χ1) is 7.89. The van der Waals surface area contributed by atoms with Crippen molar-refractivity contribution < 1.29 is 4.79 Å². The minimum absolute atomic E-state index is 0.0205. The second kappa shape index (κ2) is 3.87. The van der Waals surface area contributed by atoms with Crippen LogP contribution in [0.15, 0.2) is 29.4 Å². The molecule has 0 aromatic heterocycles. The van der Waals surface area contributed by atoms with Gasteiger partial charge in [0.2, 0.25) is 0 Å². The number of amides is 1. The molecule has 0 atom stereocenters. The van der Waals surface area contributed by atoms with E-state index in [9.17, 15) is 4.79 Å². The van der Waals surface area contributed by atoms with Crippen LogP contribution >= 0.6 is 0 Å². The lowest BCUT2D eigenvalue weighted by Crippen LogP contribution is -2.21. The van der Waals surface area contributed by atoms with Crippen LogP contribution in [0.1, 0.15) is 27.2 Å². The fraction of sp³-hybridized carbons (Fsp3) is 0.385. The number of carbonyl (C=O) groups excluding carboxylic acids is 1. The van der Waals surface area contributed by atoms with Crippen LogP contribution in [0.5, 0.6) is 0 Å². The zero-order valence-electron chi connectivity index (χ0n) is 10.4. The van der Waals surface area contributed by atoms with Gasteiger partial charge in [-0.25, -0.2) is 0 Å². The number of para-hydroxylation sites is 2. The number of benzene rings is 1. The third-order valence-electron chi connectivity index (χ3n) is 2.81. The molecule has 0 aliphatic carbocycles. The Morgan fingerprint density at radius 2 is 1.94 bits per heavy atom. The molecule has 0 fully saturated rings. The van der Waals surface area contributed by atoms with E-state index in [1.54, 1.807) is 6.07 Å². The summed E-state index contributed by atoms with van der Waals surface area (Å²) in [4.78, 5) is 11.9. The molecular formula is C13H17N3O. The predicted octanol–water partition coefficient (Wildman–Crippen LogP) is 2.41. The van der Waals surface area contributed by atoms with E-state index in [2.05, 4.69) is 25.9 Å². The summed E-state index contributed by atoms with van der Waals surface area (Å²) in [5.41, 5.74) is 7.89. The van der Waals surface area contributed by atoms with Gasteiger partial charge in [-0.15, -0.1) is 0 Å². The molecular weight excluding hydrogens is 214 g/mol. The van der Waals surface area contributed by atoms with Crippen LogP contribution in [-0.2, 0) is 4.79 Å². The van der Waals surface area contributed by atoms with E-state index >= 15 is 0 Å². The van der Waals surface area contributed by atoms with Crippen LogP contribution in [0.4, 0.5) is 11.4 Å². The van der Waals surface area contributed by atoms with E-state index in [4.69, 9.17) is 5.73 Å². The third-order valence-corrected chi connectivity index (χ3v) is 2.81. The number of nitrogens with zero attached hydrogens (tertiary/aromatic N) is 2. The second-order valence-corrected chi connectivity index (χ2v) is 5.24. The normalized spacial score (nSPS) is 16.3. The van der Waals surface area contributed by atoms with Gasteiger partial charge in [-0.3, -0.25) is 4.79 Å². The molecule has 0 spiro atoms. The SMILES string of the molecule is CC(C)(C)C1=NN(c2ccccc2N)C(=O)C1. The lowest BCUT2D eigenvalue weighted by molar-refractivity contribution is -0.116. The zero-order valence-corrected chi connectivity index (χ0v) is 10.4. The molecule has 0 unspecified atom stereocenters. The maximum absolute atomic E-state index is 11.9. The molecule has 0 saturated heterocycles. The first kappa shape index (κ1) is 11.6. The van der Waals surface area contributed by atoms with Crippen LogP contribution in [0, 0.1) is 5.41 Å². The fourth-order valence-electron chi connectivity index (χ4n) is 1.71. The van der Waals surface area contributed by atoms with Crippen LogP contribution in [-0.4, -0.2) is 11.6 Å². The van der Waals surface area contributed by atoms with Gasteiger partial charge in [-0.05, 0) is 12.1 Å². The lowest BCUT2D eigenvalue weighted by atomic mass is 9.88. The maximum Gasteiger partial charge on any atom is 0.253 e. The van der Waals surface area contributed by atoms with Crippen molar-refractivity contribution in [3.8, 4) is 0 Å². The number of nitrogen functional groups attached to an aromatic ring is 1. The Balaban J connectivity index is 2.38. The van der Waals surface area contributed by atoms with Crippen molar-refractivity contribution in [1.29, 1.82) is 0 Å². The second-order valence-electron chi connectivity index (χ2n) is 5.24. The van der Waals surface area contributed by atoms with E-state index in [0.29, 0.717) is 17.8 Å². The number of hydrogen-bond acceptors (Lipinski definition) is 3. The first-order valence-corrected chi connectivity index (χ1v) is 5.65. The summed E-state index contributed by atoms with van der Waals surface area (Å²) in [5, 5.41) is 5.80. The number of rotatable bonds is 1. The molecule has 1 amide bonds. The Morgan fingerprint density at radius 3 is 2.47 bits per heavy atom. The average Bonchev–Trinajstić information content (AvgIpc) is 2.61. The molecule has 1 aromatic rings. The highest BCUT2D eigenvalue weighted by atomic mass is 16.2. The first-order valence-electron chi connectivity index (χ1n) is 5.65. The quantitative estimate of drug-likeness (QED) is 0.754.